The highest BCUT2D eigenvalue weighted by atomic mass is 16.1. The van der Waals surface area contributed by atoms with Crippen LogP contribution in [0.5, 0.6) is 0 Å². The minimum Gasteiger partial charge on any atom is -0.373 e. The van der Waals surface area contributed by atoms with Crippen molar-refractivity contribution >= 4 is 12.0 Å². The van der Waals surface area contributed by atoms with Gasteiger partial charge in [-0.2, -0.15) is 0 Å². The van der Waals surface area contributed by atoms with Crippen LogP contribution >= 0.6 is 0 Å². The first-order valence-electron chi connectivity index (χ1n) is 3.54. The number of carbonyl (C=O) groups excluding carboxylic acids is 1. The second-order valence-electron chi connectivity index (χ2n) is 2.51. The Hall–Kier alpha value is -1.78. The molecule has 12 heavy (non-hydrogen) atoms. The summed E-state index contributed by atoms with van der Waals surface area (Å²) in [4.78, 5) is 14.7. The van der Waals surface area contributed by atoms with Crippen LogP contribution in [0, 0.1) is 0 Å². The van der Waals surface area contributed by atoms with Gasteiger partial charge in [0.15, 0.2) is 0 Å². The highest BCUT2D eigenvalue weighted by Gasteiger charge is 2.10. The van der Waals surface area contributed by atoms with Crippen LogP contribution in [-0.2, 0) is 6.67 Å². The summed E-state index contributed by atoms with van der Waals surface area (Å²) in [5.41, 5.74) is 5.37. The van der Waals surface area contributed by atoms with E-state index in [1.54, 1.807) is 18.5 Å². The van der Waals surface area contributed by atoms with Crippen molar-refractivity contribution in [1.82, 2.24) is 14.9 Å². The minimum atomic E-state index is -0.495. The normalized spacial score (nSPS) is 13.7. The van der Waals surface area contributed by atoms with Crippen LogP contribution < -0.4 is 11.1 Å². The van der Waals surface area contributed by atoms with Crippen molar-refractivity contribution in [3.05, 3.63) is 23.9 Å². The molecule has 5 nitrogen and oxygen atoms in total. The quantitative estimate of drug-likeness (QED) is 0.588. The molecule has 0 atom stereocenters. The second-order valence-corrected chi connectivity index (χ2v) is 2.51. The van der Waals surface area contributed by atoms with E-state index in [4.69, 9.17) is 5.73 Å². The van der Waals surface area contributed by atoms with Crippen molar-refractivity contribution in [2.24, 2.45) is 5.73 Å². The van der Waals surface area contributed by atoms with Gasteiger partial charge in [0.05, 0.1) is 6.67 Å². The second kappa shape index (κ2) is 2.37. The monoisotopic (exact) mass is 164 g/mol. The molecule has 0 unspecified atom stereocenters. The Morgan fingerprint density at radius 1 is 1.75 bits per heavy atom. The van der Waals surface area contributed by atoms with Crippen molar-refractivity contribution in [1.29, 1.82) is 0 Å². The minimum absolute atomic E-state index is 0.304. The van der Waals surface area contributed by atoms with Gasteiger partial charge in [0, 0.05) is 12.4 Å². The van der Waals surface area contributed by atoms with Crippen LogP contribution in [-0.4, -0.2) is 15.5 Å². The molecular weight excluding hydrogens is 156 g/mol. The molecule has 1 aromatic rings. The lowest BCUT2D eigenvalue weighted by molar-refractivity contribution is 0.0996. The summed E-state index contributed by atoms with van der Waals surface area (Å²) < 4.78 is 1.82. The van der Waals surface area contributed by atoms with Gasteiger partial charge in [0.25, 0.3) is 5.91 Å². The van der Waals surface area contributed by atoms with E-state index in [-0.39, 0.29) is 0 Å². The van der Waals surface area contributed by atoms with Crippen molar-refractivity contribution in [2.45, 2.75) is 6.67 Å². The lowest BCUT2D eigenvalue weighted by Gasteiger charge is -2.08. The van der Waals surface area contributed by atoms with Crippen LogP contribution in [0.3, 0.4) is 0 Å². The summed E-state index contributed by atoms with van der Waals surface area (Å²) >= 11 is 0. The van der Waals surface area contributed by atoms with E-state index >= 15 is 0 Å². The molecule has 3 N–H and O–H groups in total. The molecule has 0 saturated carbocycles. The zero-order chi connectivity index (χ0) is 8.55. The number of rotatable bonds is 1. The summed E-state index contributed by atoms with van der Waals surface area (Å²) in [6.45, 7) is 0.631. The van der Waals surface area contributed by atoms with E-state index < -0.39 is 5.91 Å². The SMILES string of the molecule is NC(=O)c1cn2c(n1)C=CNC2. The fourth-order valence-corrected chi connectivity index (χ4v) is 1.09. The average molecular weight is 164 g/mol. The number of nitrogens with zero attached hydrogens (tertiary/aromatic N) is 2. The molecule has 1 aliphatic heterocycles. The molecule has 1 aliphatic rings. The number of aromatic nitrogens is 2. The van der Waals surface area contributed by atoms with Crippen LogP contribution in [0.4, 0.5) is 0 Å². The van der Waals surface area contributed by atoms with E-state index in [1.807, 2.05) is 4.57 Å². The molecule has 5 heteroatoms. The van der Waals surface area contributed by atoms with Gasteiger partial charge in [-0.15, -0.1) is 0 Å². The molecule has 0 bridgehead atoms. The summed E-state index contributed by atoms with van der Waals surface area (Å²) in [7, 11) is 0. The first-order chi connectivity index (χ1) is 5.77. The van der Waals surface area contributed by atoms with Gasteiger partial charge >= 0.3 is 0 Å². The number of imidazole rings is 1. The number of primary amides is 1. The van der Waals surface area contributed by atoms with Crippen molar-refractivity contribution < 1.29 is 4.79 Å². The number of nitrogens with one attached hydrogen (secondary N) is 1. The summed E-state index contributed by atoms with van der Waals surface area (Å²) in [5, 5.41) is 2.98. The number of nitrogens with two attached hydrogens (primary N) is 1. The van der Waals surface area contributed by atoms with Crippen molar-refractivity contribution in [3.8, 4) is 0 Å². The number of hydrogen-bond donors (Lipinski definition) is 2. The Balaban J connectivity index is 2.46. The fourth-order valence-electron chi connectivity index (χ4n) is 1.09. The van der Waals surface area contributed by atoms with Gasteiger partial charge < -0.3 is 15.6 Å². The molecule has 1 aromatic heterocycles. The van der Waals surface area contributed by atoms with Gasteiger partial charge in [-0.1, -0.05) is 0 Å². The van der Waals surface area contributed by atoms with Crippen LogP contribution in [0.2, 0.25) is 0 Å². The zero-order valence-electron chi connectivity index (χ0n) is 6.32. The molecule has 0 saturated heterocycles. The highest BCUT2D eigenvalue weighted by Crippen LogP contribution is 2.06. The van der Waals surface area contributed by atoms with Gasteiger partial charge in [-0.25, -0.2) is 4.98 Å². The molecule has 0 spiro atoms. The molecule has 2 heterocycles. The first kappa shape index (κ1) is 6.90. The first-order valence-corrected chi connectivity index (χ1v) is 3.54. The number of fused-ring (bicyclic) bond motifs is 1. The third kappa shape index (κ3) is 0.952. The maximum atomic E-state index is 10.7. The molecule has 0 radical (unpaired) electrons. The molecular formula is C7H8N4O. The lowest BCUT2D eigenvalue weighted by Crippen LogP contribution is -2.16. The predicted molar refractivity (Wildman–Crippen MR) is 42.9 cm³/mol. The Labute approximate surface area is 68.9 Å². The highest BCUT2D eigenvalue weighted by molar-refractivity contribution is 5.90. The Bertz CT molecular complexity index is 352. The third-order valence-electron chi connectivity index (χ3n) is 1.67. The topological polar surface area (TPSA) is 72.9 Å². The summed E-state index contributed by atoms with van der Waals surface area (Å²) in [5.74, 6) is 0.257. The molecule has 1 amide bonds. The van der Waals surface area contributed by atoms with E-state index in [9.17, 15) is 4.79 Å². The summed E-state index contributed by atoms with van der Waals surface area (Å²) in [6.07, 6.45) is 5.21. The lowest BCUT2D eigenvalue weighted by atomic mass is 10.5. The van der Waals surface area contributed by atoms with E-state index in [0.717, 1.165) is 5.82 Å². The largest absolute Gasteiger partial charge is 0.373 e. The maximum absolute atomic E-state index is 10.7. The van der Waals surface area contributed by atoms with Crippen LogP contribution in [0.1, 0.15) is 16.3 Å². The van der Waals surface area contributed by atoms with Crippen molar-refractivity contribution in [2.75, 3.05) is 0 Å². The third-order valence-corrected chi connectivity index (χ3v) is 1.67. The fraction of sp³-hybridized carbons (Fsp3) is 0.143. The number of amides is 1. The average Bonchev–Trinajstić information content (AvgIpc) is 2.46. The Morgan fingerprint density at radius 3 is 3.25 bits per heavy atom. The van der Waals surface area contributed by atoms with Gasteiger partial charge in [0.1, 0.15) is 11.5 Å². The van der Waals surface area contributed by atoms with E-state index in [1.165, 1.54) is 0 Å². The number of hydrogen-bond acceptors (Lipinski definition) is 3. The molecule has 62 valence electrons. The van der Waals surface area contributed by atoms with E-state index in [2.05, 4.69) is 10.3 Å². The zero-order valence-corrected chi connectivity index (χ0v) is 6.32. The predicted octanol–water partition coefficient (Wildman–Crippen LogP) is -0.487. The molecule has 2 rings (SSSR count). The molecule has 0 fully saturated rings. The molecule has 0 aromatic carbocycles. The standard InChI is InChI=1S/C7H8N4O/c8-7(12)5-3-11-4-9-2-1-6(11)10-5/h1-3,9H,4H2,(H2,8,12). The summed E-state index contributed by atoms with van der Waals surface area (Å²) in [6, 6.07) is 0. The van der Waals surface area contributed by atoms with Gasteiger partial charge in [-0.3, -0.25) is 4.79 Å². The van der Waals surface area contributed by atoms with Gasteiger partial charge in [-0.05, 0) is 6.08 Å². The Morgan fingerprint density at radius 2 is 2.58 bits per heavy atom. The van der Waals surface area contributed by atoms with Gasteiger partial charge in [0.2, 0.25) is 0 Å². The Kier molecular flexibility index (Phi) is 1.36. The van der Waals surface area contributed by atoms with E-state index in [0.29, 0.717) is 12.4 Å². The van der Waals surface area contributed by atoms with Crippen molar-refractivity contribution in [3.63, 3.8) is 0 Å². The van der Waals surface area contributed by atoms with Crippen LogP contribution in [0.25, 0.3) is 6.08 Å². The smallest absolute Gasteiger partial charge is 0.268 e. The molecule has 0 aliphatic carbocycles. The maximum Gasteiger partial charge on any atom is 0.268 e. The number of carbonyl (C=O) groups is 1. The van der Waals surface area contributed by atoms with Crippen LogP contribution in [0.15, 0.2) is 12.4 Å².